The van der Waals surface area contributed by atoms with Gasteiger partial charge in [0.25, 0.3) is 5.56 Å². The summed E-state index contributed by atoms with van der Waals surface area (Å²) in [6.07, 6.45) is 1.75. The number of rotatable bonds is 7. The average Bonchev–Trinajstić information content (AvgIpc) is 3.09. The molecule has 3 rings (SSSR count). The number of Topliss-reactive ketones (excluding diaryl/α,β-unsaturated/α-hetero) is 1. The van der Waals surface area contributed by atoms with Crippen molar-refractivity contribution in [3.05, 3.63) is 62.9 Å². The minimum Gasteiger partial charge on any atom is -0.384 e. The summed E-state index contributed by atoms with van der Waals surface area (Å²) in [5, 5.41) is 0.646. The second-order valence-electron chi connectivity index (χ2n) is 7.47. The highest BCUT2D eigenvalue weighted by molar-refractivity contribution is 7.99. The molecule has 8 nitrogen and oxygen atoms in total. The van der Waals surface area contributed by atoms with Gasteiger partial charge in [-0.15, -0.1) is 0 Å². The van der Waals surface area contributed by atoms with E-state index < -0.39 is 17.0 Å². The number of benzene rings is 1. The van der Waals surface area contributed by atoms with Gasteiger partial charge in [0.15, 0.2) is 10.9 Å². The fourth-order valence-electron chi connectivity index (χ4n) is 3.19. The van der Waals surface area contributed by atoms with Gasteiger partial charge < -0.3 is 10.3 Å². The Balaban J connectivity index is 1.87. The molecule has 0 fully saturated rings. The van der Waals surface area contributed by atoms with Crippen LogP contribution in [-0.2, 0) is 20.6 Å². The number of carbonyl (C=O) groups is 1. The molecule has 0 aliphatic carbocycles. The molecule has 0 bridgehead atoms. The topological polar surface area (TPSA) is 105 Å². The Morgan fingerprint density at radius 1 is 1.13 bits per heavy atom. The van der Waals surface area contributed by atoms with Gasteiger partial charge in [-0.1, -0.05) is 55.9 Å². The first-order valence-electron chi connectivity index (χ1n) is 9.54. The number of hydrogen-bond acceptors (Lipinski definition) is 6. The predicted octanol–water partition coefficient (Wildman–Crippen LogP) is 2.16. The van der Waals surface area contributed by atoms with E-state index in [1.54, 1.807) is 6.20 Å². The Labute approximate surface area is 178 Å². The van der Waals surface area contributed by atoms with E-state index in [9.17, 15) is 14.4 Å². The normalized spacial score (nSPS) is 11.2. The van der Waals surface area contributed by atoms with Crippen molar-refractivity contribution >= 4 is 23.4 Å². The summed E-state index contributed by atoms with van der Waals surface area (Å²) in [6.45, 7) is 4.19. The van der Waals surface area contributed by atoms with Gasteiger partial charge in [0.1, 0.15) is 11.4 Å². The highest BCUT2D eigenvalue weighted by Gasteiger charge is 2.22. The minimum absolute atomic E-state index is 0.0155. The lowest BCUT2D eigenvalue weighted by atomic mass is 10.2. The number of thioether (sulfide) groups is 1. The number of ketones is 1. The highest BCUT2D eigenvalue weighted by atomic mass is 32.2. The summed E-state index contributed by atoms with van der Waals surface area (Å²) >= 11 is 1.22. The van der Waals surface area contributed by atoms with Crippen LogP contribution in [0.15, 0.2) is 51.3 Å². The van der Waals surface area contributed by atoms with Gasteiger partial charge in [0, 0.05) is 20.6 Å². The summed E-state index contributed by atoms with van der Waals surface area (Å²) in [6, 6.07) is 9.81. The van der Waals surface area contributed by atoms with Crippen LogP contribution in [-0.4, -0.2) is 30.2 Å². The van der Waals surface area contributed by atoms with Gasteiger partial charge in [0.05, 0.1) is 17.6 Å². The third kappa shape index (κ3) is 4.11. The summed E-state index contributed by atoms with van der Waals surface area (Å²) in [5.74, 6) is -0.394. The molecular formula is C21H25N5O3S. The zero-order valence-electron chi connectivity index (χ0n) is 17.5. The Bertz CT molecular complexity index is 1190. The van der Waals surface area contributed by atoms with Gasteiger partial charge in [-0.3, -0.25) is 18.7 Å². The maximum absolute atomic E-state index is 12.9. The molecule has 158 valence electrons. The summed E-state index contributed by atoms with van der Waals surface area (Å²) in [4.78, 5) is 42.3. The number of carbonyl (C=O) groups excluding carboxylic acids is 1. The molecule has 1 aromatic carbocycles. The molecule has 2 N–H and O–H groups in total. The van der Waals surface area contributed by atoms with Crippen molar-refractivity contribution in [1.29, 1.82) is 0 Å². The lowest BCUT2D eigenvalue weighted by Crippen LogP contribution is -2.43. The molecule has 2 heterocycles. The molecule has 9 heteroatoms. The average molecular weight is 428 g/mol. The van der Waals surface area contributed by atoms with E-state index in [2.05, 4.69) is 4.98 Å². The highest BCUT2D eigenvalue weighted by Crippen LogP contribution is 2.25. The van der Waals surface area contributed by atoms with Gasteiger partial charge in [0.2, 0.25) is 0 Å². The molecule has 0 aliphatic rings. The SMILES string of the molecule is CC(C)Cn1c(N)c(C(=O)CSc2ncc(-c3ccccc3)n2C)c(=O)n(C)c1=O. The number of imidazole rings is 1. The zero-order chi connectivity index (χ0) is 22.0. The van der Waals surface area contributed by atoms with Crippen LogP contribution in [0.25, 0.3) is 11.3 Å². The molecule has 0 radical (unpaired) electrons. The monoisotopic (exact) mass is 427 g/mol. The van der Waals surface area contributed by atoms with Crippen LogP contribution in [0.4, 0.5) is 5.82 Å². The number of nitrogens with two attached hydrogens (primary N) is 1. The molecule has 0 saturated carbocycles. The largest absolute Gasteiger partial charge is 0.384 e. The third-order valence-electron chi connectivity index (χ3n) is 4.76. The first kappa shape index (κ1) is 21.6. The van der Waals surface area contributed by atoms with Crippen molar-refractivity contribution in [2.45, 2.75) is 25.5 Å². The smallest absolute Gasteiger partial charge is 0.332 e. The van der Waals surface area contributed by atoms with Crippen LogP contribution in [0.3, 0.4) is 0 Å². The fourth-order valence-corrected chi connectivity index (χ4v) is 4.02. The minimum atomic E-state index is -0.673. The van der Waals surface area contributed by atoms with Gasteiger partial charge in [-0.25, -0.2) is 9.78 Å². The molecular weight excluding hydrogens is 402 g/mol. The zero-order valence-corrected chi connectivity index (χ0v) is 18.3. The second-order valence-corrected chi connectivity index (χ2v) is 8.42. The molecule has 0 atom stereocenters. The van der Waals surface area contributed by atoms with E-state index in [0.29, 0.717) is 11.7 Å². The molecule has 0 spiro atoms. The van der Waals surface area contributed by atoms with E-state index in [1.807, 2.05) is 55.8 Å². The van der Waals surface area contributed by atoms with Crippen LogP contribution in [0.1, 0.15) is 24.2 Å². The van der Waals surface area contributed by atoms with Crippen molar-refractivity contribution in [1.82, 2.24) is 18.7 Å². The second kappa shape index (κ2) is 8.74. The molecule has 3 aromatic rings. The quantitative estimate of drug-likeness (QED) is 0.458. The summed E-state index contributed by atoms with van der Waals surface area (Å²) in [5.41, 5.74) is 6.68. The Kier molecular flexibility index (Phi) is 6.31. The first-order chi connectivity index (χ1) is 14.2. The van der Waals surface area contributed by atoms with Crippen molar-refractivity contribution in [3.8, 4) is 11.3 Å². The maximum atomic E-state index is 12.9. The standard InChI is InChI=1S/C21H25N5O3S/c1-13(2)11-26-18(22)17(19(28)25(4)21(26)29)16(27)12-30-20-23-10-15(24(20)3)14-8-6-5-7-9-14/h5-10,13H,11-12,22H2,1-4H3. The number of anilines is 1. The lowest BCUT2D eigenvalue weighted by Gasteiger charge is -2.16. The van der Waals surface area contributed by atoms with E-state index in [1.165, 1.54) is 23.4 Å². The van der Waals surface area contributed by atoms with Gasteiger partial charge >= 0.3 is 5.69 Å². The third-order valence-corrected chi connectivity index (χ3v) is 5.80. The van der Waals surface area contributed by atoms with Gasteiger partial charge in [-0.05, 0) is 11.5 Å². The molecule has 0 saturated heterocycles. The van der Waals surface area contributed by atoms with Crippen LogP contribution in [0.2, 0.25) is 0 Å². The number of hydrogen-bond donors (Lipinski definition) is 1. The van der Waals surface area contributed by atoms with E-state index >= 15 is 0 Å². The molecule has 30 heavy (non-hydrogen) atoms. The van der Waals surface area contributed by atoms with E-state index in [4.69, 9.17) is 5.73 Å². The lowest BCUT2D eigenvalue weighted by molar-refractivity contribution is 0.102. The van der Waals surface area contributed by atoms with Crippen molar-refractivity contribution in [2.24, 2.45) is 20.0 Å². The molecule has 0 unspecified atom stereocenters. The number of aromatic nitrogens is 4. The molecule has 0 aliphatic heterocycles. The first-order valence-corrected chi connectivity index (χ1v) is 10.5. The van der Waals surface area contributed by atoms with Crippen molar-refractivity contribution in [3.63, 3.8) is 0 Å². The Hall–Kier alpha value is -3.07. The maximum Gasteiger partial charge on any atom is 0.332 e. The van der Waals surface area contributed by atoms with Crippen LogP contribution in [0, 0.1) is 5.92 Å². The number of nitrogen functional groups attached to an aromatic ring is 1. The van der Waals surface area contributed by atoms with E-state index in [0.717, 1.165) is 15.8 Å². The van der Waals surface area contributed by atoms with Crippen molar-refractivity contribution in [2.75, 3.05) is 11.5 Å². The fraction of sp³-hybridized carbons (Fsp3) is 0.333. The van der Waals surface area contributed by atoms with Crippen molar-refractivity contribution < 1.29 is 4.79 Å². The Morgan fingerprint density at radius 3 is 2.43 bits per heavy atom. The van der Waals surface area contributed by atoms with Crippen LogP contribution < -0.4 is 17.0 Å². The molecule has 2 aromatic heterocycles. The van der Waals surface area contributed by atoms with Crippen LogP contribution in [0.5, 0.6) is 0 Å². The van der Waals surface area contributed by atoms with E-state index in [-0.39, 0.29) is 23.1 Å². The Morgan fingerprint density at radius 2 is 1.80 bits per heavy atom. The predicted molar refractivity (Wildman–Crippen MR) is 119 cm³/mol. The van der Waals surface area contributed by atoms with Crippen LogP contribution >= 0.6 is 11.8 Å². The summed E-state index contributed by atoms with van der Waals surface area (Å²) < 4.78 is 4.12. The molecule has 0 amide bonds. The number of nitrogens with zero attached hydrogens (tertiary/aromatic N) is 4. The summed E-state index contributed by atoms with van der Waals surface area (Å²) in [7, 11) is 3.23. The van der Waals surface area contributed by atoms with Gasteiger partial charge in [-0.2, -0.15) is 0 Å².